The van der Waals surface area contributed by atoms with E-state index in [9.17, 15) is 18.0 Å². The van der Waals surface area contributed by atoms with Crippen molar-refractivity contribution < 1.29 is 32.2 Å². The molecule has 22 heavy (non-hydrogen) atoms. The molecule has 9 heteroatoms. The van der Waals surface area contributed by atoms with Crippen LogP contribution in [0.3, 0.4) is 0 Å². The van der Waals surface area contributed by atoms with Crippen LogP contribution < -0.4 is 14.2 Å². The predicted molar refractivity (Wildman–Crippen MR) is 70.5 cm³/mol. The standard InChI is InChI=1S/C13H17F3N2O4/c1-7(2)21-10-9(5-19)11(22-8(3)4)18-12(17-10)20-6-13(14,15)16/h5,7-8H,6H2,1-4H3. The van der Waals surface area contributed by atoms with Crippen molar-refractivity contribution in [2.24, 2.45) is 0 Å². The molecule has 6 nitrogen and oxygen atoms in total. The molecule has 0 saturated heterocycles. The van der Waals surface area contributed by atoms with E-state index in [2.05, 4.69) is 14.7 Å². The molecule has 0 aliphatic carbocycles. The molecule has 0 atom stereocenters. The summed E-state index contributed by atoms with van der Waals surface area (Å²) in [7, 11) is 0. The number of nitrogens with zero attached hydrogens (tertiary/aromatic N) is 2. The largest absolute Gasteiger partial charge is 0.474 e. The van der Waals surface area contributed by atoms with Crippen LogP contribution in [0.2, 0.25) is 0 Å². The van der Waals surface area contributed by atoms with Gasteiger partial charge >= 0.3 is 12.2 Å². The minimum absolute atomic E-state index is 0.0817. The van der Waals surface area contributed by atoms with E-state index in [-0.39, 0.29) is 29.5 Å². The maximum Gasteiger partial charge on any atom is 0.422 e. The number of carbonyl (C=O) groups excluding carboxylic acids is 1. The van der Waals surface area contributed by atoms with E-state index >= 15 is 0 Å². The van der Waals surface area contributed by atoms with Crippen LogP contribution >= 0.6 is 0 Å². The highest BCUT2D eigenvalue weighted by molar-refractivity contribution is 5.81. The van der Waals surface area contributed by atoms with E-state index < -0.39 is 18.8 Å². The van der Waals surface area contributed by atoms with Crippen molar-refractivity contribution in [1.82, 2.24) is 9.97 Å². The van der Waals surface area contributed by atoms with Gasteiger partial charge in [-0.05, 0) is 27.7 Å². The highest BCUT2D eigenvalue weighted by Crippen LogP contribution is 2.28. The molecule has 1 heterocycles. The van der Waals surface area contributed by atoms with Gasteiger partial charge in [0.1, 0.15) is 5.56 Å². The molecule has 1 rings (SSSR count). The Balaban J connectivity index is 3.19. The van der Waals surface area contributed by atoms with E-state index in [4.69, 9.17) is 9.47 Å². The van der Waals surface area contributed by atoms with Gasteiger partial charge in [0.05, 0.1) is 12.2 Å². The van der Waals surface area contributed by atoms with E-state index in [0.29, 0.717) is 6.29 Å². The number of aldehydes is 1. The predicted octanol–water partition coefficient (Wildman–Crippen LogP) is 2.80. The first kappa shape index (κ1) is 18.0. The van der Waals surface area contributed by atoms with Gasteiger partial charge in [0, 0.05) is 0 Å². The van der Waals surface area contributed by atoms with Gasteiger partial charge in [0.25, 0.3) is 0 Å². The molecule has 0 amide bonds. The smallest absolute Gasteiger partial charge is 0.422 e. The van der Waals surface area contributed by atoms with Crippen molar-refractivity contribution in [2.45, 2.75) is 46.1 Å². The fourth-order valence-corrected chi connectivity index (χ4v) is 1.35. The van der Waals surface area contributed by atoms with E-state index in [1.54, 1.807) is 27.7 Å². The average molecular weight is 322 g/mol. The highest BCUT2D eigenvalue weighted by Gasteiger charge is 2.30. The quantitative estimate of drug-likeness (QED) is 0.719. The number of hydrogen-bond donors (Lipinski definition) is 0. The van der Waals surface area contributed by atoms with Crippen molar-refractivity contribution in [1.29, 1.82) is 0 Å². The Morgan fingerprint density at radius 1 is 1.05 bits per heavy atom. The first-order valence-electron chi connectivity index (χ1n) is 6.52. The lowest BCUT2D eigenvalue weighted by atomic mass is 10.3. The maximum absolute atomic E-state index is 12.2. The number of alkyl halides is 3. The Kier molecular flexibility index (Phi) is 5.95. The number of rotatable bonds is 7. The summed E-state index contributed by atoms with van der Waals surface area (Å²) in [6.07, 6.45) is -4.82. The van der Waals surface area contributed by atoms with Gasteiger partial charge in [-0.1, -0.05) is 0 Å². The molecule has 0 fully saturated rings. The summed E-state index contributed by atoms with van der Waals surface area (Å²) in [6.45, 7) is 5.15. The minimum atomic E-state index is -4.54. The van der Waals surface area contributed by atoms with Crippen molar-refractivity contribution in [2.75, 3.05) is 6.61 Å². The molecule has 0 radical (unpaired) electrons. The van der Waals surface area contributed by atoms with Crippen LogP contribution in [0, 0.1) is 0 Å². The van der Waals surface area contributed by atoms with Gasteiger partial charge in [0.2, 0.25) is 11.8 Å². The molecule has 0 bridgehead atoms. The first-order chi connectivity index (χ1) is 10.1. The number of carbonyl (C=O) groups is 1. The third kappa shape index (κ3) is 5.74. The summed E-state index contributed by atoms with van der Waals surface area (Å²) in [5, 5.41) is 0. The number of halogens is 3. The number of hydrogen-bond acceptors (Lipinski definition) is 6. The number of aromatic nitrogens is 2. The molecule has 0 N–H and O–H groups in total. The Labute approximate surface area is 125 Å². The summed E-state index contributed by atoms with van der Waals surface area (Å²) in [5.74, 6) is -0.374. The Hall–Kier alpha value is -2.06. The van der Waals surface area contributed by atoms with Crippen LogP contribution in [0.5, 0.6) is 17.8 Å². The van der Waals surface area contributed by atoms with E-state index in [1.807, 2.05) is 0 Å². The fraction of sp³-hybridized carbons (Fsp3) is 0.615. The van der Waals surface area contributed by atoms with Crippen molar-refractivity contribution in [3.8, 4) is 17.8 Å². The molecule has 1 aromatic heterocycles. The van der Waals surface area contributed by atoms with Gasteiger partial charge in [-0.15, -0.1) is 0 Å². The monoisotopic (exact) mass is 322 g/mol. The van der Waals surface area contributed by atoms with Gasteiger partial charge < -0.3 is 14.2 Å². The molecule has 0 aliphatic heterocycles. The second-order valence-electron chi connectivity index (χ2n) is 4.89. The van der Waals surface area contributed by atoms with Crippen LogP contribution in [0.1, 0.15) is 38.1 Å². The minimum Gasteiger partial charge on any atom is -0.474 e. The second kappa shape index (κ2) is 7.28. The average Bonchev–Trinajstić information content (AvgIpc) is 2.34. The molecule has 0 aliphatic rings. The lowest BCUT2D eigenvalue weighted by Gasteiger charge is -2.16. The topological polar surface area (TPSA) is 70.5 Å². The number of ether oxygens (including phenoxy) is 3. The lowest BCUT2D eigenvalue weighted by molar-refractivity contribution is -0.154. The van der Waals surface area contributed by atoms with Crippen LogP contribution in [0.25, 0.3) is 0 Å². The van der Waals surface area contributed by atoms with Crippen LogP contribution in [-0.4, -0.2) is 41.2 Å². The van der Waals surface area contributed by atoms with Crippen molar-refractivity contribution in [3.05, 3.63) is 5.56 Å². The van der Waals surface area contributed by atoms with Crippen LogP contribution in [-0.2, 0) is 0 Å². The molecule has 0 spiro atoms. The summed E-state index contributed by atoms with van der Waals surface area (Å²) in [5.41, 5.74) is -0.0817. The summed E-state index contributed by atoms with van der Waals surface area (Å²) in [6, 6.07) is -0.575. The molecule has 124 valence electrons. The molecule has 0 saturated carbocycles. The Bertz CT molecular complexity index is 487. The summed E-state index contributed by atoms with van der Waals surface area (Å²) < 4.78 is 51.7. The van der Waals surface area contributed by atoms with Gasteiger partial charge in [-0.3, -0.25) is 4.79 Å². The third-order valence-electron chi connectivity index (χ3n) is 2.03. The molecule has 0 unspecified atom stereocenters. The zero-order valence-corrected chi connectivity index (χ0v) is 12.6. The zero-order chi connectivity index (χ0) is 16.9. The lowest BCUT2D eigenvalue weighted by Crippen LogP contribution is -2.21. The normalized spacial score (nSPS) is 11.7. The summed E-state index contributed by atoms with van der Waals surface area (Å²) >= 11 is 0. The SMILES string of the molecule is CC(C)Oc1nc(OCC(F)(F)F)nc(OC(C)C)c1C=O. The first-order valence-corrected chi connectivity index (χ1v) is 6.52. The summed E-state index contributed by atoms with van der Waals surface area (Å²) in [4.78, 5) is 18.6. The zero-order valence-electron chi connectivity index (χ0n) is 12.6. The van der Waals surface area contributed by atoms with Crippen molar-refractivity contribution >= 4 is 6.29 Å². The Morgan fingerprint density at radius 3 is 1.82 bits per heavy atom. The van der Waals surface area contributed by atoms with Crippen molar-refractivity contribution in [3.63, 3.8) is 0 Å². The maximum atomic E-state index is 12.2. The van der Waals surface area contributed by atoms with Crippen LogP contribution in [0.4, 0.5) is 13.2 Å². The van der Waals surface area contributed by atoms with Crippen LogP contribution in [0.15, 0.2) is 0 Å². The molecule has 1 aromatic rings. The molecule has 0 aromatic carbocycles. The van der Waals surface area contributed by atoms with E-state index in [0.717, 1.165) is 0 Å². The highest BCUT2D eigenvalue weighted by atomic mass is 19.4. The van der Waals surface area contributed by atoms with Gasteiger partial charge in [-0.25, -0.2) is 0 Å². The van der Waals surface area contributed by atoms with Gasteiger partial charge in [0.15, 0.2) is 12.9 Å². The second-order valence-corrected chi connectivity index (χ2v) is 4.89. The van der Waals surface area contributed by atoms with Gasteiger partial charge in [-0.2, -0.15) is 23.1 Å². The van der Waals surface area contributed by atoms with E-state index in [1.165, 1.54) is 0 Å². The molecular formula is C13H17F3N2O4. The Morgan fingerprint density at radius 2 is 1.50 bits per heavy atom. The third-order valence-corrected chi connectivity index (χ3v) is 2.03. The fourth-order valence-electron chi connectivity index (χ4n) is 1.35. The molecular weight excluding hydrogens is 305 g/mol.